The molecule has 2 amide bonds. The summed E-state index contributed by atoms with van der Waals surface area (Å²) in [7, 11) is 3.12. The van der Waals surface area contributed by atoms with Crippen molar-refractivity contribution in [3.05, 3.63) is 58.9 Å². The van der Waals surface area contributed by atoms with Gasteiger partial charge in [0.15, 0.2) is 11.5 Å². The summed E-state index contributed by atoms with van der Waals surface area (Å²) in [6, 6.07) is 0. The van der Waals surface area contributed by atoms with Gasteiger partial charge in [0.05, 0.1) is 26.7 Å². The third-order valence-corrected chi connectivity index (χ3v) is 5.57. The Morgan fingerprint density at radius 3 is 2.69 bits per heavy atom. The Morgan fingerprint density at radius 2 is 2.03 bits per heavy atom. The summed E-state index contributed by atoms with van der Waals surface area (Å²) in [6.45, 7) is 0.760. The highest BCUT2D eigenvalue weighted by Gasteiger charge is 2.22. The first kappa shape index (κ1) is 25.9. The summed E-state index contributed by atoms with van der Waals surface area (Å²) in [5.41, 5.74) is 2.50. The van der Waals surface area contributed by atoms with Crippen molar-refractivity contribution in [2.24, 2.45) is 21.8 Å². The second-order valence-electron chi connectivity index (χ2n) is 7.98. The third kappa shape index (κ3) is 7.12. The van der Waals surface area contributed by atoms with Gasteiger partial charge in [0.25, 0.3) is 11.8 Å². The van der Waals surface area contributed by atoms with E-state index < -0.39 is 11.8 Å². The van der Waals surface area contributed by atoms with Crippen LogP contribution < -0.4 is 16.1 Å². The lowest BCUT2D eigenvalue weighted by atomic mass is 9.91. The van der Waals surface area contributed by atoms with E-state index in [0.717, 1.165) is 0 Å². The Kier molecular flexibility index (Phi) is 9.36. The van der Waals surface area contributed by atoms with E-state index in [1.165, 1.54) is 12.3 Å². The van der Waals surface area contributed by atoms with E-state index in [2.05, 4.69) is 20.6 Å². The number of halogens is 1. The highest BCUT2D eigenvalue weighted by Crippen LogP contribution is 2.29. The third-order valence-electron chi connectivity index (χ3n) is 5.57. The first-order valence-corrected chi connectivity index (χ1v) is 11.3. The second kappa shape index (κ2) is 12.7. The maximum atomic E-state index is 14.0. The van der Waals surface area contributed by atoms with Crippen molar-refractivity contribution in [2.45, 2.75) is 19.3 Å². The number of carbonyl (C=O) groups excluding carboxylic acids is 2. The summed E-state index contributed by atoms with van der Waals surface area (Å²) >= 11 is 0. The van der Waals surface area contributed by atoms with E-state index in [4.69, 9.17) is 14.7 Å². The van der Waals surface area contributed by atoms with Gasteiger partial charge in [-0.05, 0) is 36.6 Å². The van der Waals surface area contributed by atoms with Crippen molar-refractivity contribution in [3.63, 3.8) is 0 Å². The maximum absolute atomic E-state index is 14.0. The Hall–Kier alpha value is -3.73. The smallest absolute Gasteiger partial charge is 0.253 e. The van der Waals surface area contributed by atoms with Crippen molar-refractivity contribution in [2.75, 3.05) is 33.9 Å². The van der Waals surface area contributed by atoms with Crippen LogP contribution in [0.4, 0.5) is 4.39 Å². The number of aliphatic imine (C=N–C) groups is 2. The molecule has 3 rings (SSSR count). The molecule has 188 valence electrons. The Balaban J connectivity index is 1.62. The van der Waals surface area contributed by atoms with Crippen molar-refractivity contribution in [1.29, 1.82) is 0 Å². The monoisotopic (exact) mass is 487 g/mol. The van der Waals surface area contributed by atoms with Gasteiger partial charge in [0.1, 0.15) is 5.83 Å². The predicted octanol–water partition coefficient (Wildman–Crippen LogP) is 1.83. The second-order valence-corrected chi connectivity index (χ2v) is 7.98. The maximum Gasteiger partial charge on any atom is 0.253 e. The fourth-order valence-electron chi connectivity index (χ4n) is 3.74. The number of ether oxygens (including phenoxy) is 2. The summed E-state index contributed by atoms with van der Waals surface area (Å²) in [5.74, 6) is -0.379. The minimum atomic E-state index is -0.627. The lowest BCUT2D eigenvalue weighted by Crippen LogP contribution is -2.38. The lowest BCUT2D eigenvalue weighted by molar-refractivity contribution is -0.130. The van der Waals surface area contributed by atoms with Crippen LogP contribution in [0, 0.1) is 11.8 Å². The highest BCUT2D eigenvalue weighted by atomic mass is 19.1. The van der Waals surface area contributed by atoms with Gasteiger partial charge in [-0.2, -0.15) is 0 Å². The van der Waals surface area contributed by atoms with Gasteiger partial charge in [-0.3, -0.25) is 19.8 Å². The quantitative estimate of drug-likeness (QED) is 0.170. The van der Waals surface area contributed by atoms with Crippen molar-refractivity contribution < 1.29 is 28.7 Å². The summed E-state index contributed by atoms with van der Waals surface area (Å²) in [6.07, 6.45) is 11.7. The number of carbonyl (C=O) groups is 2. The van der Waals surface area contributed by atoms with Crippen molar-refractivity contribution in [3.8, 4) is 0 Å². The molecule has 0 fully saturated rings. The highest BCUT2D eigenvalue weighted by molar-refractivity contribution is 6.00. The Labute approximate surface area is 203 Å². The normalized spacial score (nSPS) is 22.1. The van der Waals surface area contributed by atoms with Gasteiger partial charge < -0.3 is 20.1 Å². The predicted molar refractivity (Wildman–Crippen MR) is 128 cm³/mol. The molecule has 2 aliphatic carbocycles. The molecule has 4 N–H and O–H groups in total. The molecule has 2 unspecified atom stereocenters. The van der Waals surface area contributed by atoms with Crippen LogP contribution in [0.2, 0.25) is 0 Å². The van der Waals surface area contributed by atoms with Gasteiger partial charge in [-0.25, -0.2) is 14.9 Å². The molecule has 0 saturated heterocycles. The summed E-state index contributed by atoms with van der Waals surface area (Å²) in [4.78, 5) is 32.6. The number of rotatable bonds is 9. The SMILES string of the molecule is COC1=CCC(C=C(C(=O)NCCNC2=NCC(C(=O)NO)C=N2)C2=CCCC(F)=C2)C=C1OC. The Bertz CT molecular complexity index is 1040. The molecule has 2 atom stereocenters. The van der Waals surface area contributed by atoms with Gasteiger partial charge in [0.2, 0.25) is 5.96 Å². The lowest BCUT2D eigenvalue weighted by Gasteiger charge is -2.20. The van der Waals surface area contributed by atoms with E-state index in [1.807, 2.05) is 24.3 Å². The minimum absolute atomic E-state index is 0.128. The molecule has 0 radical (unpaired) electrons. The van der Waals surface area contributed by atoms with Crippen LogP contribution in [0.3, 0.4) is 0 Å². The topological polar surface area (TPSA) is 134 Å². The molecule has 0 bridgehead atoms. The average Bonchev–Trinajstić information content (AvgIpc) is 2.89. The van der Waals surface area contributed by atoms with Crippen LogP contribution in [0.1, 0.15) is 19.3 Å². The van der Waals surface area contributed by atoms with Crippen LogP contribution in [0.15, 0.2) is 68.9 Å². The van der Waals surface area contributed by atoms with Crippen molar-refractivity contribution >= 4 is 24.0 Å². The van der Waals surface area contributed by atoms with Crippen LogP contribution in [0.25, 0.3) is 0 Å². The number of amides is 2. The van der Waals surface area contributed by atoms with Crippen LogP contribution in [0.5, 0.6) is 0 Å². The van der Waals surface area contributed by atoms with E-state index in [9.17, 15) is 14.0 Å². The summed E-state index contributed by atoms with van der Waals surface area (Å²) < 4.78 is 24.7. The molecule has 1 aliphatic heterocycles. The van der Waals surface area contributed by atoms with Crippen molar-refractivity contribution in [1.82, 2.24) is 16.1 Å². The van der Waals surface area contributed by atoms with E-state index in [0.29, 0.717) is 54.4 Å². The molecule has 0 aromatic carbocycles. The molecule has 35 heavy (non-hydrogen) atoms. The number of hydrogen-bond acceptors (Lipinski definition) is 8. The number of methoxy groups -OCH3 is 2. The number of nitrogens with one attached hydrogen (secondary N) is 3. The van der Waals surface area contributed by atoms with Gasteiger partial charge in [-0.1, -0.05) is 12.2 Å². The molecule has 0 aromatic rings. The number of hydrogen-bond donors (Lipinski definition) is 4. The molecule has 0 aromatic heterocycles. The fourth-order valence-corrected chi connectivity index (χ4v) is 3.74. The zero-order chi connectivity index (χ0) is 25.2. The zero-order valence-electron chi connectivity index (χ0n) is 19.7. The van der Waals surface area contributed by atoms with E-state index >= 15 is 0 Å². The number of allylic oxidation sites excluding steroid dienone is 6. The van der Waals surface area contributed by atoms with Crippen LogP contribution >= 0.6 is 0 Å². The first-order chi connectivity index (χ1) is 16.9. The molecule has 0 saturated carbocycles. The molecule has 10 nitrogen and oxygen atoms in total. The zero-order valence-corrected chi connectivity index (χ0v) is 19.7. The molecule has 0 spiro atoms. The molecule has 11 heteroatoms. The summed E-state index contributed by atoms with van der Waals surface area (Å²) in [5, 5.41) is 14.5. The molecule has 3 aliphatic rings. The number of hydroxylamine groups is 1. The first-order valence-electron chi connectivity index (χ1n) is 11.3. The minimum Gasteiger partial charge on any atom is -0.493 e. The average molecular weight is 488 g/mol. The van der Waals surface area contributed by atoms with Gasteiger partial charge in [-0.15, -0.1) is 0 Å². The van der Waals surface area contributed by atoms with Gasteiger partial charge in [0, 0.05) is 37.2 Å². The fraction of sp³-hybridized carbons (Fsp3) is 0.417. The number of guanidine groups is 1. The molecule has 1 heterocycles. The van der Waals surface area contributed by atoms with E-state index in [1.54, 1.807) is 19.7 Å². The van der Waals surface area contributed by atoms with Crippen LogP contribution in [-0.4, -0.2) is 63.0 Å². The van der Waals surface area contributed by atoms with Gasteiger partial charge >= 0.3 is 0 Å². The molecular formula is C24H30FN5O5. The number of nitrogens with zero attached hydrogens (tertiary/aromatic N) is 2. The van der Waals surface area contributed by atoms with Crippen LogP contribution in [-0.2, 0) is 19.1 Å². The van der Waals surface area contributed by atoms with E-state index in [-0.39, 0.29) is 30.7 Å². The largest absolute Gasteiger partial charge is 0.493 e. The molecular weight excluding hydrogens is 457 g/mol. The standard InChI is InChI=1S/C24H30FN5O5/c1-34-20-7-6-15(11-21(20)35-2)10-19(16-4-3-5-18(25)12-16)23(32)26-8-9-27-24-28-13-17(14-29-24)22(31)30-33/h4,7,10-13,15,17,33H,3,5-6,8-9,14H2,1-2H3,(H,26,32)(H,27,29)(H,30,31). The Morgan fingerprint density at radius 1 is 1.23 bits per heavy atom.